The number of hydrogen-bond acceptors (Lipinski definition) is 4. The maximum Gasteiger partial charge on any atom is 0.213 e. The Bertz CT molecular complexity index is 384. The highest BCUT2D eigenvalue weighted by molar-refractivity contribution is 5.73. The molecule has 2 heterocycles. The van der Waals surface area contributed by atoms with E-state index in [0.717, 1.165) is 18.6 Å². The number of ether oxygens (including phenoxy) is 1. The van der Waals surface area contributed by atoms with E-state index < -0.39 is 0 Å². The van der Waals surface area contributed by atoms with Gasteiger partial charge in [0.1, 0.15) is 0 Å². The first-order chi connectivity index (χ1) is 9.28. The number of pyridine rings is 1. The molecule has 0 saturated carbocycles. The molecule has 0 spiro atoms. The van der Waals surface area contributed by atoms with Crippen LogP contribution in [0, 0.1) is 5.92 Å². The maximum atomic E-state index is 10.5. The average molecular weight is 262 g/mol. The van der Waals surface area contributed by atoms with Crippen LogP contribution in [0.2, 0.25) is 0 Å². The molecule has 19 heavy (non-hydrogen) atoms. The second kappa shape index (κ2) is 7.24. The average Bonchev–Trinajstić information content (AvgIpc) is 2.46. The van der Waals surface area contributed by atoms with Gasteiger partial charge in [-0.1, -0.05) is 0 Å². The van der Waals surface area contributed by atoms with E-state index in [2.05, 4.69) is 16.9 Å². The molecule has 1 aromatic heterocycles. The fourth-order valence-corrected chi connectivity index (χ4v) is 2.45. The molecule has 1 aromatic rings. The van der Waals surface area contributed by atoms with Gasteiger partial charge in [0.15, 0.2) is 6.29 Å². The molecule has 0 atom stereocenters. The van der Waals surface area contributed by atoms with Crippen LogP contribution in [-0.4, -0.2) is 42.9 Å². The van der Waals surface area contributed by atoms with Crippen molar-refractivity contribution in [3.8, 4) is 5.88 Å². The van der Waals surface area contributed by atoms with Gasteiger partial charge in [0.05, 0.1) is 6.61 Å². The van der Waals surface area contributed by atoms with Crippen molar-refractivity contribution in [2.45, 2.75) is 25.7 Å². The highest BCUT2D eigenvalue weighted by Crippen LogP contribution is 2.21. The molecule has 1 fully saturated rings. The van der Waals surface area contributed by atoms with E-state index in [0.29, 0.717) is 18.1 Å². The van der Waals surface area contributed by atoms with Crippen LogP contribution < -0.4 is 4.74 Å². The van der Waals surface area contributed by atoms with Crippen molar-refractivity contribution in [1.82, 2.24) is 9.88 Å². The standard InChI is InChI=1S/C15H22N2O2/c1-17-8-6-13(7-9-17)3-2-10-19-15-5-4-14(12-18)11-16-15/h4-5,11-13H,2-3,6-10H2,1H3. The van der Waals surface area contributed by atoms with Gasteiger partial charge in [0, 0.05) is 17.8 Å². The Morgan fingerprint density at radius 3 is 2.84 bits per heavy atom. The summed E-state index contributed by atoms with van der Waals surface area (Å²) < 4.78 is 5.58. The Balaban J connectivity index is 1.62. The number of carbonyl (C=O) groups is 1. The quantitative estimate of drug-likeness (QED) is 0.583. The van der Waals surface area contributed by atoms with E-state index in [4.69, 9.17) is 4.74 Å². The van der Waals surface area contributed by atoms with Crippen molar-refractivity contribution in [3.05, 3.63) is 23.9 Å². The molecule has 0 N–H and O–H groups in total. The van der Waals surface area contributed by atoms with Gasteiger partial charge < -0.3 is 9.64 Å². The van der Waals surface area contributed by atoms with Crippen molar-refractivity contribution < 1.29 is 9.53 Å². The van der Waals surface area contributed by atoms with Gasteiger partial charge in [0.25, 0.3) is 0 Å². The van der Waals surface area contributed by atoms with Crippen LogP contribution in [0.15, 0.2) is 18.3 Å². The van der Waals surface area contributed by atoms with Crippen LogP contribution in [0.5, 0.6) is 5.88 Å². The lowest BCUT2D eigenvalue weighted by atomic mass is 9.93. The van der Waals surface area contributed by atoms with Gasteiger partial charge in [0.2, 0.25) is 5.88 Å². The molecule has 0 aliphatic carbocycles. The van der Waals surface area contributed by atoms with Crippen molar-refractivity contribution >= 4 is 6.29 Å². The maximum absolute atomic E-state index is 10.5. The van der Waals surface area contributed by atoms with E-state index in [-0.39, 0.29) is 0 Å². The Labute approximate surface area is 114 Å². The number of rotatable bonds is 6. The van der Waals surface area contributed by atoms with Crippen LogP contribution in [0.25, 0.3) is 0 Å². The third-order valence-corrected chi connectivity index (χ3v) is 3.74. The fraction of sp³-hybridized carbons (Fsp3) is 0.600. The summed E-state index contributed by atoms with van der Waals surface area (Å²) in [6.07, 6.45) is 7.26. The van der Waals surface area contributed by atoms with Gasteiger partial charge in [-0.2, -0.15) is 0 Å². The van der Waals surface area contributed by atoms with Crippen molar-refractivity contribution in [1.29, 1.82) is 0 Å². The Kier molecular flexibility index (Phi) is 5.33. The van der Waals surface area contributed by atoms with Crippen molar-refractivity contribution in [2.75, 3.05) is 26.7 Å². The highest BCUT2D eigenvalue weighted by Gasteiger charge is 2.15. The lowest BCUT2D eigenvalue weighted by Crippen LogP contribution is -2.30. The molecule has 2 rings (SSSR count). The molecule has 104 valence electrons. The molecular formula is C15H22N2O2. The molecule has 4 nitrogen and oxygen atoms in total. The van der Waals surface area contributed by atoms with Gasteiger partial charge in [-0.3, -0.25) is 4.79 Å². The van der Waals surface area contributed by atoms with Crippen LogP contribution in [0.3, 0.4) is 0 Å². The van der Waals surface area contributed by atoms with Crippen molar-refractivity contribution in [2.24, 2.45) is 5.92 Å². The molecule has 0 unspecified atom stereocenters. The minimum atomic E-state index is 0.582. The van der Waals surface area contributed by atoms with Crippen molar-refractivity contribution in [3.63, 3.8) is 0 Å². The van der Waals surface area contributed by atoms with Crippen LogP contribution in [0.1, 0.15) is 36.0 Å². The number of aromatic nitrogens is 1. The Hall–Kier alpha value is -1.42. The first-order valence-corrected chi connectivity index (χ1v) is 7.00. The summed E-state index contributed by atoms with van der Waals surface area (Å²) in [6, 6.07) is 3.48. The molecule has 0 radical (unpaired) electrons. The molecular weight excluding hydrogens is 240 g/mol. The van der Waals surface area contributed by atoms with Gasteiger partial charge in [-0.25, -0.2) is 4.98 Å². The fourth-order valence-electron chi connectivity index (χ4n) is 2.45. The number of carbonyl (C=O) groups excluding carboxylic acids is 1. The largest absolute Gasteiger partial charge is 0.478 e. The normalized spacial score (nSPS) is 17.3. The van der Waals surface area contributed by atoms with E-state index >= 15 is 0 Å². The second-order valence-corrected chi connectivity index (χ2v) is 5.28. The monoisotopic (exact) mass is 262 g/mol. The predicted octanol–water partition coefficient (Wildman–Crippen LogP) is 2.39. The molecule has 1 saturated heterocycles. The summed E-state index contributed by atoms with van der Waals surface area (Å²) in [6.45, 7) is 3.15. The summed E-state index contributed by atoms with van der Waals surface area (Å²) >= 11 is 0. The highest BCUT2D eigenvalue weighted by atomic mass is 16.5. The zero-order valence-electron chi connectivity index (χ0n) is 11.5. The third-order valence-electron chi connectivity index (χ3n) is 3.74. The van der Waals surface area contributed by atoms with E-state index in [9.17, 15) is 4.79 Å². The Morgan fingerprint density at radius 2 is 2.21 bits per heavy atom. The summed E-state index contributed by atoms with van der Waals surface area (Å²) in [5.41, 5.74) is 0.582. The van der Waals surface area contributed by atoms with Crippen LogP contribution >= 0.6 is 0 Å². The van der Waals surface area contributed by atoms with Gasteiger partial charge in [-0.15, -0.1) is 0 Å². The molecule has 0 aromatic carbocycles. The Morgan fingerprint density at radius 1 is 1.42 bits per heavy atom. The first-order valence-electron chi connectivity index (χ1n) is 7.00. The number of hydrogen-bond donors (Lipinski definition) is 0. The zero-order valence-corrected chi connectivity index (χ0v) is 11.5. The summed E-state index contributed by atoms with van der Waals surface area (Å²) in [7, 11) is 2.19. The lowest BCUT2D eigenvalue weighted by Gasteiger charge is -2.28. The number of nitrogens with zero attached hydrogens (tertiary/aromatic N) is 2. The summed E-state index contributed by atoms with van der Waals surface area (Å²) in [4.78, 5) is 17.0. The molecule has 0 bridgehead atoms. The predicted molar refractivity (Wildman–Crippen MR) is 74.6 cm³/mol. The third kappa shape index (κ3) is 4.63. The van der Waals surface area contributed by atoms with Crippen LogP contribution in [0.4, 0.5) is 0 Å². The number of likely N-dealkylation sites (tertiary alicyclic amines) is 1. The summed E-state index contributed by atoms with van der Waals surface area (Å²) in [5, 5.41) is 0. The summed E-state index contributed by atoms with van der Waals surface area (Å²) in [5.74, 6) is 1.46. The molecule has 0 amide bonds. The lowest BCUT2D eigenvalue weighted by molar-refractivity contribution is 0.112. The molecule has 1 aliphatic heterocycles. The number of aldehydes is 1. The van der Waals surface area contributed by atoms with Gasteiger partial charge >= 0.3 is 0 Å². The van der Waals surface area contributed by atoms with Gasteiger partial charge in [-0.05, 0) is 57.8 Å². The van der Waals surface area contributed by atoms with E-state index in [1.54, 1.807) is 18.3 Å². The topological polar surface area (TPSA) is 42.4 Å². The second-order valence-electron chi connectivity index (χ2n) is 5.28. The van der Waals surface area contributed by atoms with E-state index in [1.807, 2.05) is 0 Å². The molecule has 1 aliphatic rings. The smallest absolute Gasteiger partial charge is 0.213 e. The zero-order chi connectivity index (χ0) is 13.5. The van der Waals surface area contributed by atoms with Crippen LogP contribution in [-0.2, 0) is 0 Å². The minimum absolute atomic E-state index is 0.582. The number of piperidine rings is 1. The SMILES string of the molecule is CN1CCC(CCCOc2ccc(C=O)cn2)CC1. The molecule has 4 heteroatoms. The minimum Gasteiger partial charge on any atom is -0.478 e. The first kappa shape index (κ1) is 14.0. The van der Waals surface area contributed by atoms with E-state index in [1.165, 1.54) is 32.4 Å².